The lowest BCUT2D eigenvalue weighted by Gasteiger charge is -2.54. The van der Waals surface area contributed by atoms with Gasteiger partial charge in [0.15, 0.2) is 0 Å². The predicted molar refractivity (Wildman–Crippen MR) is 69.5 cm³/mol. The second-order valence-corrected chi connectivity index (χ2v) is 7.09. The van der Waals surface area contributed by atoms with Crippen LogP contribution in [-0.2, 0) is 0 Å². The van der Waals surface area contributed by atoms with Gasteiger partial charge in [0.2, 0.25) is 0 Å². The number of aliphatic hydroxyl groups excluding tert-OH is 1. The Kier molecular flexibility index (Phi) is 3.76. The number of rotatable bonds is 2. The summed E-state index contributed by atoms with van der Waals surface area (Å²) in [4.78, 5) is 2.46. The van der Waals surface area contributed by atoms with Crippen LogP contribution in [0.2, 0.25) is 0 Å². The first kappa shape index (κ1) is 14.0. The van der Waals surface area contributed by atoms with Gasteiger partial charge in [-0.05, 0) is 59.4 Å². The van der Waals surface area contributed by atoms with E-state index in [9.17, 15) is 5.11 Å². The fourth-order valence-electron chi connectivity index (χ4n) is 3.23. The van der Waals surface area contributed by atoms with Crippen molar-refractivity contribution >= 4 is 0 Å². The van der Waals surface area contributed by atoms with Gasteiger partial charge in [-0.3, -0.25) is 4.90 Å². The molecule has 1 unspecified atom stereocenters. The van der Waals surface area contributed by atoms with Gasteiger partial charge in [0.1, 0.15) is 0 Å². The van der Waals surface area contributed by atoms with Crippen molar-refractivity contribution in [1.29, 1.82) is 0 Å². The third-order valence-electron chi connectivity index (χ3n) is 4.51. The van der Waals surface area contributed by atoms with Crippen LogP contribution in [0.1, 0.15) is 54.4 Å². The van der Waals surface area contributed by atoms with Crippen LogP contribution in [0.5, 0.6) is 0 Å². The highest BCUT2D eigenvalue weighted by Gasteiger charge is 2.45. The maximum absolute atomic E-state index is 10.3. The molecule has 2 heteroatoms. The van der Waals surface area contributed by atoms with Gasteiger partial charge in [-0.2, -0.15) is 0 Å². The van der Waals surface area contributed by atoms with Gasteiger partial charge in [0.05, 0.1) is 6.10 Å². The van der Waals surface area contributed by atoms with E-state index in [4.69, 9.17) is 0 Å². The Morgan fingerprint density at radius 1 is 1.06 bits per heavy atom. The predicted octanol–water partition coefficient (Wildman–Crippen LogP) is 2.90. The normalized spacial score (nSPS) is 28.3. The molecule has 1 N–H and O–H groups in total. The van der Waals surface area contributed by atoms with Gasteiger partial charge in [-0.15, -0.1) is 0 Å². The van der Waals surface area contributed by atoms with Crippen molar-refractivity contribution in [1.82, 2.24) is 4.90 Å². The zero-order valence-electron chi connectivity index (χ0n) is 12.0. The largest absolute Gasteiger partial charge is 0.393 e. The summed E-state index contributed by atoms with van der Waals surface area (Å²) in [6.45, 7) is 13.4. The quantitative estimate of drug-likeness (QED) is 0.784. The van der Waals surface area contributed by atoms with Gasteiger partial charge in [0.25, 0.3) is 0 Å². The molecule has 0 aromatic rings. The fraction of sp³-hybridized carbons (Fsp3) is 1.00. The Bertz CT molecular complexity index is 227. The molecule has 0 spiro atoms. The minimum atomic E-state index is -0.160. The Hall–Kier alpha value is -0.0800. The summed E-state index contributed by atoms with van der Waals surface area (Å²) in [7, 11) is 2.21. The second-order valence-electron chi connectivity index (χ2n) is 7.09. The van der Waals surface area contributed by atoms with Crippen LogP contribution in [0.4, 0.5) is 0 Å². The molecule has 0 aliphatic carbocycles. The molecule has 1 saturated heterocycles. The molecule has 1 heterocycles. The lowest BCUT2D eigenvalue weighted by atomic mass is 9.70. The van der Waals surface area contributed by atoms with E-state index in [0.717, 1.165) is 12.8 Å². The molecule has 0 aromatic heterocycles. The SMILES string of the molecule is CC(C)C(O)C1CC(C)(C)N(C)C(C)(C)C1. The number of piperidine rings is 1. The fourth-order valence-corrected chi connectivity index (χ4v) is 3.23. The number of hydrogen-bond acceptors (Lipinski definition) is 2. The van der Waals surface area contributed by atoms with Gasteiger partial charge < -0.3 is 5.11 Å². The van der Waals surface area contributed by atoms with E-state index in [1.165, 1.54) is 0 Å². The average Bonchev–Trinajstić information content (AvgIpc) is 2.11. The molecule has 0 bridgehead atoms. The summed E-state index contributed by atoms with van der Waals surface area (Å²) in [6.07, 6.45) is 2.02. The van der Waals surface area contributed by atoms with Crippen molar-refractivity contribution in [2.24, 2.45) is 11.8 Å². The van der Waals surface area contributed by atoms with Crippen LogP contribution in [0.25, 0.3) is 0 Å². The standard InChI is InChI=1S/C14H29NO/c1-10(2)12(16)11-8-13(3,4)15(7)14(5,6)9-11/h10-12,16H,8-9H2,1-7H3. The molecule has 0 radical (unpaired) electrons. The molecule has 1 aliphatic rings. The molecule has 1 atom stereocenters. The maximum Gasteiger partial charge on any atom is 0.0592 e. The van der Waals surface area contributed by atoms with E-state index >= 15 is 0 Å². The van der Waals surface area contributed by atoms with Crippen LogP contribution in [0, 0.1) is 11.8 Å². The van der Waals surface area contributed by atoms with Crippen molar-refractivity contribution in [3.8, 4) is 0 Å². The average molecular weight is 227 g/mol. The summed E-state index contributed by atoms with van der Waals surface area (Å²) in [5, 5.41) is 10.3. The molecular weight excluding hydrogens is 198 g/mol. The third-order valence-corrected chi connectivity index (χ3v) is 4.51. The lowest BCUT2D eigenvalue weighted by molar-refractivity contribution is -0.0734. The number of likely N-dealkylation sites (tertiary alicyclic amines) is 1. The van der Waals surface area contributed by atoms with Crippen LogP contribution in [0.3, 0.4) is 0 Å². The first-order valence-corrected chi connectivity index (χ1v) is 6.50. The van der Waals surface area contributed by atoms with Crippen molar-refractivity contribution in [2.45, 2.75) is 71.6 Å². The first-order chi connectivity index (χ1) is 7.08. The van der Waals surface area contributed by atoms with E-state index in [1.54, 1.807) is 0 Å². The topological polar surface area (TPSA) is 23.5 Å². The monoisotopic (exact) mass is 227 g/mol. The Balaban J connectivity index is 2.86. The molecular formula is C14H29NO. The van der Waals surface area contributed by atoms with Crippen LogP contribution in [0.15, 0.2) is 0 Å². The van der Waals surface area contributed by atoms with Crippen LogP contribution < -0.4 is 0 Å². The van der Waals surface area contributed by atoms with Crippen molar-refractivity contribution in [3.63, 3.8) is 0 Å². The molecule has 0 saturated carbocycles. The Morgan fingerprint density at radius 3 is 1.75 bits per heavy atom. The van der Waals surface area contributed by atoms with Gasteiger partial charge in [0, 0.05) is 11.1 Å². The summed E-state index contributed by atoms with van der Waals surface area (Å²) in [5.41, 5.74) is 0.366. The molecule has 1 fully saturated rings. The first-order valence-electron chi connectivity index (χ1n) is 6.50. The highest BCUT2D eigenvalue weighted by atomic mass is 16.3. The van der Waals surface area contributed by atoms with Gasteiger partial charge >= 0.3 is 0 Å². The number of nitrogens with zero attached hydrogens (tertiary/aromatic N) is 1. The van der Waals surface area contributed by atoms with Gasteiger partial charge in [-0.1, -0.05) is 13.8 Å². The lowest BCUT2D eigenvalue weighted by Crippen LogP contribution is -2.60. The van der Waals surface area contributed by atoms with Crippen LogP contribution in [-0.4, -0.2) is 34.2 Å². The molecule has 96 valence electrons. The smallest absolute Gasteiger partial charge is 0.0592 e. The molecule has 2 nitrogen and oxygen atoms in total. The van der Waals surface area contributed by atoms with Crippen molar-refractivity contribution in [3.05, 3.63) is 0 Å². The van der Waals surface area contributed by atoms with E-state index in [0.29, 0.717) is 11.8 Å². The van der Waals surface area contributed by atoms with Crippen LogP contribution >= 0.6 is 0 Å². The molecule has 1 aliphatic heterocycles. The molecule has 1 rings (SSSR count). The number of aliphatic hydroxyl groups is 1. The molecule has 0 aromatic carbocycles. The highest BCUT2D eigenvalue weighted by Crippen LogP contribution is 2.42. The van der Waals surface area contributed by atoms with Crippen molar-refractivity contribution < 1.29 is 5.11 Å². The summed E-state index contributed by atoms with van der Waals surface area (Å²) in [5.74, 6) is 0.793. The Morgan fingerprint density at radius 2 is 1.44 bits per heavy atom. The van der Waals surface area contributed by atoms with Crippen molar-refractivity contribution in [2.75, 3.05) is 7.05 Å². The van der Waals surface area contributed by atoms with Gasteiger partial charge in [-0.25, -0.2) is 0 Å². The Labute approximate surface area is 101 Å². The number of hydrogen-bond donors (Lipinski definition) is 1. The highest BCUT2D eigenvalue weighted by molar-refractivity contribution is 5.00. The maximum atomic E-state index is 10.3. The van der Waals surface area contributed by atoms with E-state index in [2.05, 4.69) is 53.5 Å². The second kappa shape index (κ2) is 4.30. The molecule has 0 amide bonds. The zero-order valence-corrected chi connectivity index (χ0v) is 12.0. The van der Waals surface area contributed by atoms with E-state index in [1.807, 2.05) is 0 Å². The minimum Gasteiger partial charge on any atom is -0.393 e. The summed E-state index contributed by atoms with van der Waals surface area (Å²) in [6, 6.07) is 0. The third kappa shape index (κ3) is 2.60. The van der Waals surface area contributed by atoms with E-state index in [-0.39, 0.29) is 17.2 Å². The molecule has 16 heavy (non-hydrogen) atoms. The minimum absolute atomic E-state index is 0.160. The summed E-state index contributed by atoms with van der Waals surface area (Å²) < 4.78 is 0. The summed E-state index contributed by atoms with van der Waals surface area (Å²) >= 11 is 0. The zero-order chi connectivity index (χ0) is 12.7. The van der Waals surface area contributed by atoms with E-state index < -0.39 is 0 Å².